The number of methoxy groups -OCH3 is 1. The lowest BCUT2D eigenvalue weighted by Gasteiger charge is -2.37. The number of amides is 1. The summed E-state index contributed by atoms with van der Waals surface area (Å²) in [6, 6.07) is 8.11. The quantitative estimate of drug-likeness (QED) is 0.760. The molecule has 1 aromatic heterocycles. The summed E-state index contributed by atoms with van der Waals surface area (Å²) in [4.78, 5) is 23.7. The van der Waals surface area contributed by atoms with E-state index in [2.05, 4.69) is 32.1 Å². The van der Waals surface area contributed by atoms with Crippen molar-refractivity contribution in [1.29, 1.82) is 0 Å². The highest BCUT2D eigenvalue weighted by Gasteiger charge is 2.28. The van der Waals surface area contributed by atoms with Crippen LogP contribution in [0.2, 0.25) is 0 Å². The average molecular weight is 399 g/mol. The molecule has 2 fully saturated rings. The van der Waals surface area contributed by atoms with Crippen LogP contribution in [0.4, 0.5) is 5.69 Å². The van der Waals surface area contributed by atoms with Crippen molar-refractivity contribution in [3.05, 3.63) is 36.0 Å². The van der Waals surface area contributed by atoms with Crippen LogP contribution in [0.25, 0.3) is 0 Å². The van der Waals surface area contributed by atoms with Gasteiger partial charge in [-0.1, -0.05) is 5.16 Å². The van der Waals surface area contributed by atoms with Gasteiger partial charge in [0.15, 0.2) is 5.82 Å². The van der Waals surface area contributed by atoms with Gasteiger partial charge in [-0.3, -0.25) is 9.69 Å². The van der Waals surface area contributed by atoms with Gasteiger partial charge < -0.3 is 19.1 Å². The van der Waals surface area contributed by atoms with E-state index < -0.39 is 0 Å². The first-order valence-electron chi connectivity index (χ1n) is 10.3. The van der Waals surface area contributed by atoms with Gasteiger partial charge in [0.1, 0.15) is 5.75 Å². The number of piperazine rings is 1. The number of hydrogen-bond donors (Lipinski definition) is 0. The molecule has 2 aliphatic heterocycles. The van der Waals surface area contributed by atoms with Crippen LogP contribution in [-0.2, 0) is 4.79 Å². The first-order valence-corrected chi connectivity index (χ1v) is 10.3. The Hall–Kier alpha value is -2.61. The normalized spacial score (nSPS) is 18.8. The maximum absolute atomic E-state index is 12.8. The number of aromatic nitrogens is 2. The zero-order chi connectivity index (χ0) is 20.2. The highest BCUT2D eigenvalue weighted by Crippen LogP contribution is 2.26. The Labute approximate surface area is 171 Å². The Morgan fingerprint density at radius 1 is 1.10 bits per heavy atom. The van der Waals surface area contributed by atoms with Gasteiger partial charge in [0, 0.05) is 37.8 Å². The topological polar surface area (TPSA) is 74.9 Å². The molecule has 156 valence electrons. The van der Waals surface area contributed by atoms with E-state index in [-0.39, 0.29) is 5.91 Å². The number of benzene rings is 1. The Kier molecular flexibility index (Phi) is 5.99. The molecule has 29 heavy (non-hydrogen) atoms. The molecule has 0 aliphatic carbocycles. The van der Waals surface area contributed by atoms with Crippen molar-refractivity contribution in [3.8, 4) is 5.75 Å². The molecule has 8 heteroatoms. The van der Waals surface area contributed by atoms with Crippen LogP contribution in [0, 0.1) is 6.92 Å². The van der Waals surface area contributed by atoms with E-state index in [9.17, 15) is 4.79 Å². The van der Waals surface area contributed by atoms with Crippen molar-refractivity contribution in [1.82, 2.24) is 19.9 Å². The Bertz CT molecular complexity index is 806. The van der Waals surface area contributed by atoms with E-state index in [0.717, 1.165) is 63.8 Å². The van der Waals surface area contributed by atoms with Gasteiger partial charge in [-0.05, 0) is 57.1 Å². The molecular weight excluding hydrogens is 370 g/mol. The maximum atomic E-state index is 12.8. The van der Waals surface area contributed by atoms with Crippen LogP contribution in [0.15, 0.2) is 28.8 Å². The highest BCUT2D eigenvalue weighted by molar-refractivity contribution is 5.78. The number of carbonyl (C=O) groups is 1. The molecule has 0 atom stereocenters. The minimum absolute atomic E-state index is 0.228. The zero-order valence-corrected chi connectivity index (χ0v) is 17.2. The third-order valence-electron chi connectivity index (χ3n) is 5.91. The summed E-state index contributed by atoms with van der Waals surface area (Å²) in [5, 5.41) is 3.89. The number of rotatable bonds is 5. The summed E-state index contributed by atoms with van der Waals surface area (Å²) in [6.45, 7) is 7.37. The number of aryl methyl sites for hydroxylation is 1. The highest BCUT2D eigenvalue weighted by atomic mass is 16.5. The summed E-state index contributed by atoms with van der Waals surface area (Å²) in [5.41, 5.74) is 1.18. The molecule has 0 bridgehead atoms. The van der Waals surface area contributed by atoms with Crippen LogP contribution >= 0.6 is 0 Å². The third kappa shape index (κ3) is 4.70. The van der Waals surface area contributed by atoms with Crippen LogP contribution < -0.4 is 9.64 Å². The molecule has 2 aliphatic rings. The van der Waals surface area contributed by atoms with E-state index in [1.807, 2.05) is 24.0 Å². The number of piperidine rings is 1. The summed E-state index contributed by atoms with van der Waals surface area (Å²) < 4.78 is 10.5. The first-order chi connectivity index (χ1) is 14.1. The van der Waals surface area contributed by atoms with Gasteiger partial charge in [0.05, 0.1) is 13.7 Å². The van der Waals surface area contributed by atoms with Crippen molar-refractivity contribution >= 4 is 11.6 Å². The number of nitrogens with zero attached hydrogens (tertiary/aromatic N) is 5. The average Bonchev–Trinajstić information content (AvgIpc) is 3.21. The van der Waals surface area contributed by atoms with Crippen LogP contribution in [-0.4, -0.2) is 78.8 Å². The summed E-state index contributed by atoms with van der Waals surface area (Å²) in [5.74, 6) is 2.83. The third-order valence-corrected chi connectivity index (χ3v) is 5.91. The number of anilines is 1. The van der Waals surface area contributed by atoms with Crippen LogP contribution in [0.5, 0.6) is 5.75 Å². The number of hydrogen-bond acceptors (Lipinski definition) is 7. The smallest absolute Gasteiger partial charge is 0.236 e. The molecule has 2 saturated heterocycles. The second kappa shape index (κ2) is 8.82. The lowest BCUT2D eigenvalue weighted by Crippen LogP contribution is -2.51. The van der Waals surface area contributed by atoms with E-state index in [1.54, 1.807) is 7.11 Å². The maximum Gasteiger partial charge on any atom is 0.236 e. The fourth-order valence-corrected chi connectivity index (χ4v) is 4.12. The fraction of sp³-hybridized carbons (Fsp3) is 0.571. The molecule has 2 aromatic rings. The van der Waals surface area contributed by atoms with Crippen molar-refractivity contribution in [3.63, 3.8) is 0 Å². The van der Waals surface area contributed by atoms with Crippen molar-refractivity contribution < 1.29 is 14.1 Å². The van der Waals surface area contributed by atoms with Crippen LogP contribution in [0.1, 0.15) is 30.5 Å². The molecule has 4 rings (SSSR count). The SMILES string of the molecule is COc1ccc(N2CCN(C(=O)CN3CCC(c4nc(C)no4)CC3)CC2)cc1. The standard InChI is InChI=1S/C21H29N5O3/c1-16-22-21(29-23-16)17-7-9-24(10-8-17)15-20(27)26-13-11-25(12-14-26)18-3-5-19(28-2)6-4-18/h3-6,17H,7-15H2,1-2H3. The predicted octanol–water partition coefficient (Wildman–Crippen LogP) is 1.91. The van der Waals surface area contributed by atoms with Crippen LogP contribution in [0.3, 0.4) is 0 Å². The summed E-state index contributed by atoms with van der Waals surface area (Å²) in [7, 11) is 1.67. The monoisotopic (exact) mass is 399 g/mol. The lowest BCUT2D eigenvalue weighted by atomic mass is 9.97. The van der Waals surface area contributed by atoms with E-state index in [4.69, 9.17) is 9.26 Å². The molecular formula is C21H29N5O3. The summed E-state index contributed by atoms with van der Waals surface area (Å²) >= 11 is 0. The minimum atomic E-state index is 0.228. The molecule has 0 spiro atoms. The van der Waals surface area contributed by atoms with E-state index in [0.29, 0.717) is 18.3 Å². The molecule has 3 heterocycles. The van der Waals surface area contributed by atoms with E-state index in [1.165, 1.54) is 5.69 Å². The molecule has 1 aromatic carbocycles. The Morgan fingerprint density at radius 3 is 2.38 bits per heavy atom. The fourth-order valence-electron chi connectivity index (χ4n) is 4.12. The number of carbonyl (C=O) groups excluding carboxylic acids is 1. The number of likely N-dealkylation sites (tertiary alicyclic amines) is 1. The molecule has 0 unspecified atom stereocenters. The number of ether oxygens (including phenoxy) is 1. The predicted molar refractivity (Wildman–Crippen MR) is 109 cm³/mol. The lowest BCUT2D eigenvalue weighted by molar-refractivity contribution is -0.133. The second-order valence-corrected chi connectivity index (χ2v) is 7.80. The van der Waals surface area contributed by atoms with Gasteiger partial charge in [0.2, 0.25) is 11.8 Å². The van der Waals surface area contributed by atoms with Gasteiger partial charge in [-0.25, -0.2) is 0 Å². The van der Waals surface area contributed by atoms with Crippen molar-refractivity contribution in [2.75, 3.05) is 57.8 Å². The van der Waals surface area contributed by atoms with Crippen molar-refractivity contribution in [2.24, 2.45) is 0 Å². The van der Waals surface area contributed by atoms with Gasteiger partial charge in [-0.2, -0.15) is 4.98 Å². The largest absolute Gasteiger partial charge is 0.497 e. The molecule has 1 amide bonds. The van der Waals surface area contributed by atoms with Gasteiger partial charge in [0.25, 0.3) is 0 Å². The summed E-state index contributed by atoms with van der Waals surface area (Å²) in [6.07, 6.45) is 1.92. The molecule has 8 nitrogen and oxygen atoms in total. The van der Waals surface area contributed by atoms with Gasteiger partial charge >= 0.3 is 0 Å². The van der Waals surface area contributed by atoms with Gasteiger partial charge in [-0.15, -0.1) is 0 Å². The molecule has 0 N–H and O–H groups in total. The molecule has 0 radical (unpaired) electrons. The van der Waals surface area contributed by atoms with Crippen molar-refractivity contribution in [2.45, 2.75) is 25.7 Å². The molecule has 0 saturated carbocycles. The first kappa shape index (κ1) is 19.7. The van der Waals surface area contributed by atoms with E-state index >= 15 is 0 Å². The second-order valence-electron chi connectivity index (χ2n) is 7.80. The zero-order valence-electron chi connectivity index (χ0n) is 17.2. The Balaban J connectivity index is 1.22. The minimum Gasteiger partial charge on any atom is -0.497 e. The Morgan fingerprint density at radius 2 is 1.79 bits per heavy atom.